The molecule has 0 atom stereocenters. The van der Waals surface area contributed by atoms with Gasteiger partial charge < -0.3 is 4.74 Å². The van der Waals surface area contributed by atoms with Gasteiger partial charge in [-0.2, -0.15) is 10.4 Å². The number of hydrogen-bond acceptors (Lipinski definition) is 3. The van der Waals surface area contributed by atoms with Crippen molar-refractivity contribution in [3.05, 3.63) is 47.5 Å². The molecule has 0 N–H and O–H groups in total. The molecule has 1 aromatic heterocycles. The number of halogens is 1. The monoisotopic (exact) mass is 231 g/mol. The van der Waals surface area contributed by atoms with Gasteiger partial charge in [-0.25, -0.2) is 4.39 Å². The van der Waals surface area contributed by atoms with Crippen LogP contribution < -0.4 is 4.74 Å². The van der Waals surface area contributed by atoms with Crippen LogP contribution >= 0.6 is 0 Å². The van der Waals surface area contributed by atoms with Gasteiger partial charge in [0.1, 0.15) is 12.4 Å². The van der Waals surface area contributed by atoms with E-state index in [4.69, 9.17) is 10.00 Å². The third-order valence-electron chi connectivity index (χ3n) is 2.25. The van der Waals surface area contributed by atoms with Crippen LogP contribution in [0.25, 0.3) is 0 Å². The molecule has 17 heavy (non-hydrogen) atoms. The van der Waals surface area contributed by atoms with Crippen LogP contribution in [0.15, 0.2) is 30.6 Å². The Bertz CT molecular complexity index is 571. The molecule has 2 aromatic rings. The molecule has 0 amide bonds. The summed E-state index contributed by atoms with van der Waals surface area (Å²) >= 11 is 0. The summed E-state index contributed by atoms with van der Waals surface area (Å²) < 4.78 is 20.4. The number of rotatable bonds is 3. The highest BCUT2D eigenvalue weighted by Crippen LogP contribution is 2.14. The van der Waals surface area contributed by atoms with Crippen molar-refractivity contribution in [1.82, 2.24) is 9.78 Å². The SMILES string of the molecule is Cn1cc(OCc2cc(C#N)ccc2F)cn1. The number of nitriles is 1. The summed E-state index contributed by atoms with van der Waals surface area (Å²) in [6.45, 7) is 0.0764. The lowest BCUT2D eigenvalue weighted by Crippen LogP contribution is -1.98. The standard InChI is InChI=1S/C12H10FN3O/c1-16-7-11(6-15-16)17-8-10-4-9(5-14)2-3-12(10)13/h2-4,6-7H,8H2,1H3. The molecule has 0 unspecified atom stereocenters. The average molecular weight is 231 g/mol. The van der Waals surface area contributed by atoms with Crippen LogP contribution in [0.5, 0.6) is 5.75 Å². The van der Waals surface area contributed by atoms with Gasteiger partial charge >= 0.3 is 0 Å². The van der Waals surface area contributed by atoms with Crippen molar-refractivity contribution in [2.75, 3.05) is 0 Å². The lowest BCUT2D eigenvalue weighted by molar-refractivity contribution is 0.299. The van der Waals surface area contributed by atoms with Crippen molar-refractivity contribution in [3.63, 3.8) is 0 Å². The van der Waals surface area contributed by atoms with Gasteiger partial charge in [0.25, 0.3) is 0 Å². The van der Waals surface area contributed by atoms with Crippen LogP contribution in [0.4, 0.5) is 4.39 Å². The molecule has 1 aromatic carbocycles. The summed E-state index contributed by atoms with van der Waals surface area (Å²) in [5, 5.41) is 12.6. The van der Waals surface area contributed by atoms with E-state index in [1.165, 1.54) is 18.2 Å². The van der Waals surface area contributed by atoms with Crippen LogP contribution in [-0.4, -0.2) is 9.78 Å². The Morgan fingerprint density at radius 3 is 3.00 bits per heavy atom. The topological polar surface area (TPSA) is 50.8 Å². The molecule has 0 fully saturated rings. The number of aromatic nitrogens is 2. The Hall–Kier alpha value is -2.35. The molecule has 0 aliphatic carbocycles. The average Bonchev–Trinajstić information content (AvgIpc) is 2.74. The van der Waals surface area contributed by atoms with Gasteiger partial charge in [-0.15, -0.1) is 0 Å². The Balaban J connectivity index is 2.11. The molecular weight excluding hydrogens is 221 g/mol. The Morgan fingerprint density at radius 1 is 1.53 bits per heavy atom. The van der Waals surface area contributed by atoms with Crippen molar-refractivity contribution < 1.29 is 9.13 Å². The lowest BCUT2D eigenvalue weighted by atomic mass is 10.1. The summed E-state index contributed by atoms with van der Waals surface area (Å²) in [7, 11) is 1.77. The van der Waals surface area contributed by atoms with E-state index in [9.17, 15) is 4.39 Å². The summed E-state index contributed by atoms with van der Waals surface area (Å²) in [5.74, 6) is 0.183. The maximum absolute atomic E-state index is 13.4. The predicted molar refractivity (Wildman–Crippen MR) is 58.7 cm³/mol. The molecule has 1 heterocycles. The van der Waals surface area contributed by atoms with E-state index in [2.05, 4.69) is 5.10 Å². The molecule has 0 radical (unpaired) electrons. The quantitative estimate of drug-likeness (QED) is 0.811. The number of nitrogens with zero attached hydrogens (tertiary/aromatic N) is 3. The van der Waals surface area contributed by atoms with E-state index in [1.807, 2.05) is 6.07 Å². The van der Waals surface area contributed by atoms with Crippen LogP contribution in [0.2, 0.25) is 0 Å². The zero-order chi connectivity index (χ0) is 12.3. The van der Waals surface area contributed by atoms with E-state index in [0.29, 0.717) is 16.9 Å². The second-order valence-electron chi connectivity index (χ2n) is 3.56. The van der Waals surface area contributed by atoms with Gasteiger partial charge in [-0.05, 0) is 18.2 Å². The summed E-state index contributed by atoms with van der Waals surface area (Å²) in [6.07, 6.45) is 3.23. The normalized spacial score (nSPS) is 9.94. The fourth-order valence-electron chi connectivity index (χ4n) is 1.39. The van der Waals surface area contributed by atoms with E-state index in [-0.39, 0.29) is 12.4 Å². The van der Waals surface area contributed by atoms with Crippen molar-refractivity contribution in [1.29, 1.82) is 5.26 Å². The molecular formula is C12H10FN3O. The minimum Gasteiger partial charge on any atom is -0.486 e. The highest BCUT2D eigenvalue weighted by Gasteiger charge is 2.05. The second kappa shape index (κ2) is 4.66. The van der Waals surface area contributed by atoms with Crippen molar-refractivity contribution in [3.8, 4) is 11.8 Å². The first kappa shape index (κ1) is 11.1. The zero-order valence-corrected chi connectivity index (χ0v) is 9.22. The van der Waals surface area contributed by atoms with Crippen LogP contribution in [0, 0.1) is 17.1 Å². The van der Waals surface area contributed by atoms with Gasteiger partial charge in [-0.3, -0.25) is 4.68 Å². The number of ether oxygens (including phenoxy) is 1. The zero-order valence-electron chi connectivity index (χ0n) is 9.22. The number of hydrogen-bond donors (Lipinski definition) is 0. The highest BCUT2D eigenvalue weighted by atomic mass is 19.1. The molecule has 0 spiro atoms. The Kier molecular flexibility index (Phi) is 3.06. The maximum atomic E-state index is 13.4. The van der Waals surface area contributed by atoms with Gasteiger partial charge in [0.15, 0.2) is 5.75 Å². The van der Waals surface area contributed by atoms with Crippen molar-refractivity contribution in [2.45, 2.75) is 6.61 Å². The smallest absolute Gasteiger partial charge is 0.157 e. The Morgan fingerprint density at radius 2 is 2.35 bits per heavy atom. The third-order valence-corrected chi connectivity index (χ3v) is 2.25. The van der Waals surface area contributed by atoms with Gasteiger partial charge in [0, 0.05) is 12.6 Å². The summed E-state index contributed by atoms with van der Waals surface area (Å²) in [6, 6.07) is 6.13. The van der Waals surface area contributed by atoms with Gasteiger partial charge in [0.05, 0.1) is 24.0 Å². The number of benzene rings is 1. The largest absolute Gasteiger partial charge is 0.486 e. The molecule has 86 valence electrons. The van der Waals surface area contributed by atoms with Crippen molar-refractivity contribution >= 4 is 0 Å². The fraction of sp³-hybridized carbons (Fsp3) is 0.167. The molecule has 4 nitrogen and oxygen atoms in total. The van der Waals surface area contributed by atoms with E-state index < -0.39 is 0 Å². The molecule has 5 heteroatoms. The van der Waals surface area contributed by atoms with E-state index in [1.54, 1.807) is 24.1 Å². The first-order valence-corrected chi connectivity index (χ1v) is 4.99. The fourth-order valence-corrected chi connectivity index (χ4v) is 1.39. The summed E-state index contributed by atoms with van der Waals surface area (Å²) in [5.41, 5.74) is 0.768. The van der Waals surface area contributed by atoms with Gasteiger partial charge in [-0.1, -0.05) is 0 Å². The molecule has 0 saturated carbocycles. The maximum Gasteiger partial charge on any atom is 0.157 e. The predicted octanol–water partition coefficient (Wildman–Crippen LogP) is 2.01. The molecule has 0 aliphatic rings. The third kappa shape index (κ3) is 2.61. The second-order valence-corrected chi connectivity index (χ2v) is 3.56. The number of aryl methyl sites for hydroxylation is 1. The first-order chi connectivity index (χ1) is 8.19. The highest BCUT2D eigenvalue weighted by molar-refractivity contribution is 5.33. The lowest BCUT2D eigenvalue weighted by Gasteiger charge is -2.04. The van der Waals surface area contributed by atoms with Crippen LogP contribution in [-0.2, 0) is 13.7 Å². The van der Waals surface area contributed by atoms with Gasteiger partial charge in [0.2, 0.25) is 0 Å². The molecule has 0 saturated heterocycles. The Labute approximate surface area is 97.9 Å². The molecule has 0 bridgehead atoms. The molecule has 2 rings (SSSR count). The van der Waals surface area contributed by atoms with E-state index in [0.717, 1.165) is 0 Å². The first-order valence-electron chi connectivity index (χ1n) is 4.99. The minimum atomic E-state index is -0.382. The van der Waals surface area contributed by atoms with E-state index >= 15 is 0 Å². The van der Waals surface area contributed by atoms with Crippen LogP contribution in [0.1, 0.15) is 11.1 Å². The summed E-state index contributed by atoms with van der Waals surface area (Å²) in [4.78, 5) is 0. The molecule has 0 aliphatic heterocycles. The minimum absolute atomic E-state index is 0.0764. The van der Waals surface area contributed by atoms with Crippen molar-refractivity contribution in [2.24, 2.45) is 7.05 Å². The van der Waals surface area contributed by atoms with Crippen LogP contribution in [0.3, 0.4) is 0 Å².